The Labute approximate surface area is 146 Å². The zero-order chi connectivity index (χ0) is 17.1. The Morgan fingerprint density at radius 1 is 1.29 bits per heavy atom. The third-order valence-corrected chi connectivity index (χ3v) is 4.55. The summed E-state index contributed by atoms with van der Waals surface area (Å²) in [5.74, 6) is 2.71. The largest absolute Gasteiger partial charge is 0.464 e. The van der Waals surface area contributed by atoms with Crippen molar-refractivity contribution < 1.29 is 9.21 Å². The highest BCUT2D eigenvalue weighted by Crippen LogP contribution is 2.24. The fourth-order valence-corrected chi connectivity index (χ4v) is 3.13. The number of anilines is 1. The lowest BCUT2D eigenvalue weighted by molar-refractivity contribution is -0.135. The SMILES string of the molecule is Cc1ccc(CN(C)C(=O)C2CCN(c3ccc(Cl)nn3)CC2)o1. The van der Waals surface area contributed by atoms with Crippen molar-refractivity contribution >= 4 is 23.3 Å². The number of amides is 1. The summed E-state index contributed by atoms with van der Waals surface area (Å²) in [5.41, 5.74) is 0. The lowest BCUT2D eigenvalue weighted by Gasteiger charge is -2.33. The monoisotopic (exact) mass is 348 g/mol. The fourth-order valence-electron chi connectivity index (χ4n) is 3.03. The summed E-state index contributed by atoms with van der Waals surface area (Å²) in [5, 5.41) is 8.36. The van der Waals surface area contributed by atoms with Gasteiger partial charge in [0.05, 0.1) is 6.54 Å². The van der Waals surface area contributed by atoms with Crippen LogP contribution in [0.1, 0.15) is 24.4 Å². The summed E-state index contributed by atoms with van der Waals surface area (Å²) in [6.45, 7) is 4.00. The molecule has 0 aromatic carbocycles. The first kappa shape index (κ1) is 16.8. The number of hydrogen-bond donors (Lipinski definition) is 0. The van der Waals surface area contributed by atoms with Crippen molar-refractivity contribution in [2.45, 2.75) is 26.3 Å². The minimum atomic E-state index is 0.0440. The van der Waals surface area contributed by atoms with Crippen LogP contribution in [0.25, 0.3) is 0 Å². The van der Waals surface area contributed by atoms with Crippen LogP contribution in [0.15, 0.2) is 28.7 Å². The molecule has 2 aromatic heterocycles. The summed E-state index contributed by atoms with van der Waals surface area (Å²) < 4.78 is 5.55. The molecule has 3 heterocycles. The van der Waals surface area contributed by atoms with Crippen LogP contribution in [0, 0.1) is 12.8 Å². The van der Waals surface area contributed by atoms with Gasteiger partial charge in [-0.2, -0.15) is 0 Å². The molecule has 0 saturated carbocycles. The molecule has 1 amide bonds. The summed E-state index contributed by atoms with van der Waals surface area (Å²) in [6.07, 6.45) is 1.62. The Morgan fingerprint density at radius 3 is 2.62 bits per heavy atom. The predicted octanol–water partition coefficient (Wildman–Crippen LogP) is 2.91. The number of halogens is 1. The molecule has 0 spiro atoms. The zero-order valence-corrected chi connectivity index (χ0v) is 14.7. The van der Waals surface area contributed by atoms with Gasteiger partial charge < -0.3 is 14.2 Å². The number of aromatic nitrogens is 2. The molecule has 1 saturated heterocycles. The third-order valence-electron chi connectivity index (χ3n) is 4.35. The third kappa shape index (κ3) is 3.87. The Hall–Kier alpha value is -2.08. The molecule has 6 nitrogen and oxygen atoms in total. The van der Waals surface area contributed by atoms with E-state index in [-0.39, 0.29) is 11.8 Å². The summed E-state index contributed by atoms with van der Waals surface area (Å²) >= 11 is 5.77. The molecule has 0 radical (unpaired) electrons. The van der Waals surface area contributed by atoms with Crippen molar-refractivity contribution in [2.75, 3.05) is 25.0 Å². The molecule has 3 rings (SSSR count). The molecule has 1 aliphatic rings. The van der Waals surface area contributed by atoms with E-state index in [1.165, 1.54) is 0 Å². The molecular formula is C17H21ClN4O2. The van der Waals surface area contributed by atoms with E-state index >= 15 is 0 Å². The van der Waals surface area contributed by atoms with E-state index < -0.39 is 0 Å². The van der Waals surface area contributed by atoms with E-state index in [1.807, 2.05) is 32.2 Å². The van der Waals surface area contributed by atoms with Gasteiger partial charge in [-0.05, 0) is 44.0 Å². The molecule has 0 bridgehead atoms. The molecule has 2 aromatic rings. The number of aryl methyl sites for hydroxylation is 1. The standard InChI is InChI=1S/C17H21ClN4O2/c1-12-3-4-14(24-12)11-21(2)17(23)13-7-9-22(10-8-13)16-6-5-15(18)19-20-16/h3-6,13H,7-11H2,1-2H3. The van der Waals surface area contributed by atoms with Gasteiger partial charge in [-0.25, -0.2) is 0 Å². The van der Waals surface area contributed by atoms with E-state index in [4.69, 9.17) is 16.0 Å². The summed E-state index contributed by atoms with van der Waals surface area (Å²) in [4.78, 5) is 16.5. The van der Waals surface area contributed by atoms with Gasteiger partial charge in [0.1, 0.15) is 11.5 Å². The van der Waals surface area contributed by atoms with Crippen molar-refractivity contribution in [2.24, 2.45) is 5.92 Å². The van der Waals surface area contributed by atoms with Crippen LogP contribution in [-0.4, -0.2) is 41.1 Å². The first-order valence-electron chi connectivity index (χ1n) is 8.07. The van der Waals surface area contributed by atoms with Crippen molar-refractivity contribution in [3.8, 4) is 0 Å². The van der Waals surface area contributed by atoms with Gasteiger partial charge >= 0.3 is 0 Å². The van der Waals surface area contributed by atoms with Gasteiger partial charge in [0.15, 0.2) is 11.0 Å². The molecule has 24 heavy (non-hydrogen) atoms. The van der Waals surface area contributed by atoms with Gasteiger partial charge in [0, 0.05) is 26.1 Å². The Balaban J connectivity index is 1.53. The van der Waals surface area contributed by atoms with Crippen LogP contribution in [0.3, 0.4) is 0 Å². The number of furan rings is 1. The second kappa shape index (κ2) is 7.21. The Morgan fingerprint density at radius 2 is 2.04 bits per heavy atom. The van der Waals surface area contributed by atoms with Gasteiger partial charge in [-0.15, -0.1) is 10.2 Å². The lowest BCUT2D eigenvalue weighted by atomic mass is 9.95. The average molecular weight is 349 g/mol. The average Bonchev–Trinajstić information content (AvgIpc) is 3.00. The maximum Gasteiger partial charge on any atom is 0.225 e. The molecule has 7 heteroatoms. The van der Waals surface area contributed by atoms with Crippen LogP contribution in [-0.2, 0) is 11.3 Å². The smallest absolute Gasteiger partial charge is 0.225 e. The number of carbonyl (C=O) groups excluding carboxylic acids is 1. The van der Waals surface area contributed by atoms with Gasteiger partial charge in [-0.3, -0.25) is 4.79 Å². The van der Waals surface area contributed by atoms with Gasteiger partial charge in [0.25, 0.3) is 0 Å². The van der Waals surface area contributed by atoms with E-state index in [9.17, 15) is 4.79 Å². The second-order valence-corrected chi connectivity index (χ2v) is 6.57. The number of rotatable bonds is 4. The number of piperidine rings is 1. The Kier molecular flexibility index (Phi) is 5.04. The van der Waals surface area contributed by atoms with Crippen LogP contribution in [0.2, 0.25) is 5.15 Å². The second-order valence-electron chi connectivity index (χ2n) is 6.18. The quantitative estimate of drug-likeness (QED) is 0.850. The van der Waals surface area contributed by atoms with Gasteiger partial charge in [-0.1, -0.05) is 11.6 Å². The predicted molar refractivity (Wildman–Crippen MR) is 91.9 cm³/mol. The molecule has 0 N–H and O–H groups in total. The highest BCUT2D eigenvalue weighted by Gasteiger charge is 2.28. The fraction of sp³-hybridized carbons (Fsp3) is 0.471. The van der Waals surface area contributed by atoms with E-state index in [1.54, 1.807) is 11.0 Å². The topological polar surface area (TPSA) is 62.5 Å². The van der Waals surface area contributed by atoms with Gasteiger partial charge in [0.2, 0.25) is 5.91 Å². The van der Waals surface area contributed by atoms with Crippen LogP contribution in [0.5, 0.6) is 0 Å². The number of hydrogen-bond acceptors (Lipinski definition) is 5. The zero-order valence-electron chi connectivity index (χ0n) is 13.9. The normalized spacial score (nSPS) is 15.5. The molecular weight excluding hydrogens is 328 g/mol. The molecule has 1 aliphatic heterocycles. The molecule has 1 fully saturated rings. The Bertz CT molecular complexity index is 693. The minimum absolute atomic E-state index is 0.0440. The summed E-state index contributed by atoms with van der Waals surface area (Å²) in [7, 11) is 1.83. The molecule has 0 atom stereocenters. The minimum Gasteiger partial charge on any atom is -0.464 e. The van der Waals surface area contributed by atoms with Crippen LogP contribution in [0.4, 0.5) is 5.82 Å². The lowest BCUT2D eigenvalue weighted by Crippen LogP contribution is -2.41. The van der Waals surface area contributed by atoms with Crippen LogP contribution >= 0.6 is 11.6 Å². The van der Waals surface area contributed by atoms with Crippen molar-refractivity contribution in [3.05, 3.63) is 40.9 Å². The molecule has 128 valence electrons. The molecule has 0 aliphatic carbocycles. The maximum absolute atomic E-state index is 12.6. The van der Waals surface area contributed by atoms with Crippen LogP contribution < -0.4 is 4.90 Å². The highest BCUT2D eigenvalue weighted by atomic mass is 35.5. The number of carbonyl (C=O) groups is 1. The first-order chi connectivity index (χ1) is 11.5. The molecule has 0 unspecified atom stereocenters. The van der Waals surface area contributed by atoms with E-state index in [2.05, 4.69) is 15.1 Å². The van der Waals surface area contributed by atoms with Crippen molar-refractivity contribution in [1.29, 1.82) is 0 Å². The maximum atomic E-state index is 12.6. The first-order valence-corrected chi connectivity index (χ1v) is 8.45. The van der Waals surface area contributed by atoms with Crippen molar-refractivity contribution in [1.82, 2.24) is 15.1 Å². The highest BCUT2D eigenvalue weighted by molar-refractivity contribution is 6.29. The van der Waals surface area contributed by atoms with E-state index in [0.717, 1.165) is 43.3 Å². The van der Waals surface area contributed by atoms with E-state index in [0.29, 0.717) is 11.7 Å². The number of nitrogens with zero attached hydrogens (tertiary/aromatic N) is 4. The summed E-state index contributed by atoms with van der Waals surface area (Å²) in [6, 6.07) is 7.43. The van der Waals surface area contributed by atoms with Crippen molar-refractivity contribution in [3.63, 3.8) is 0 Å².